The van der Waals surface area contributed by atoms with Crippen LogP contribution in [-0.4, -0.2) is 99.6 Å². The molecule has 2 atom stereocenters. The Bertz CT molecular complexity index is 1210. The summed E-state index contributed by atoms with van der Waals surface area (Å²) in [5.41, 5.74) is 11.3. The van der Waals surface area contributed by atoms with Gasteiger partial charge in [-0.05, 0) is 16.0 Å². The lowest BCUT2D eigenvalue weighted by molar-refractivity contribution is -0.150. The van der Waals surface area contributed by atoms with Gasteiger partial charge in [0.1, 0.15) is 24.2 Å². The summed E-state index contributed by atoms with van der Waals surface area (Å²) in [7, 11) is 1.24. The molecular formula is C16H19N11O5S3. The van der Waals surface area contributed by atoms with Crippen molar-refractivity contribution in [2.45, 2.75) is 23.1 Å². The average Bonchev–Trinajstić information content (AvgIpc) is 3.47. The number of nitrogens with zero attached hydrogens (tertiary/aromatic N) is 8. The van der Waals surface area contributed by atoms with Crippen molar-refractivity contribution in [2.75, 3.05) is 30.9 Å². The summed E-state index contributed by atoms with van der Waals surface area (Å²) in [6.45, 7) is 0.762. The number of nitrogen functional groups attached to an aromatic ring is 1. The van der Waals surface area contributed by atoms with E-state index in [1.165, 1.54) is 40.2 Å². The number of nitrogens with one attached hydrogen (secondary N) is 1. The summed E-state index contributed by atoms with van der Waals surface area (Å²) in [5, 5.41) is 27.4. The number of carbonyl (C=O) groups excluding carboxylic acids is 2. The van der Waals surface area contributed by atoms with Crippen molar-refractivity contribution < 1.29 is 24.3 Å². The Balaban J connectivity index is 1.48. The normalized spacial score (nSPS) is 19.9. The highest BCUT2D eigenvalue weighted by Crippen LogP contribution is 2.41. The van der Waals surface area contributed by atoms with Crippen molar-refractivity contribution in [2.24, 2.45) is 10.9 Å². The highest BCUT2D eigenvalue weighted by atomic mass is 32.2. The molecule has 2 aromatic rings. The van der Waals surface area contributed by atoms with Gasteiger partial charge in [0.05, 0.1) is 6.54 Å². The molecule has 4 rings (SSSR count). The molecule has 0 saturated carbocycles. The zero-order chi connectivity index (χ0) is 25.1. The number of tetrazole rings is 1. The molecule has 0 bridgehead atoms. The Hall–Kier alpha value is -3.29. The predicted octanol–water partition coefficient (Wildman–Crippen LogP) is -2.05. The second-order valence-corrected chi connectivity index (χ2v) is 9.79. The van der Waals surface area contributed by atoms with Crippen LogP contribution in [0.5, 0.6) is 0 Å². The van der Waals surface area contributed by atoms with Crippen LogP contribution < -0.4 is 16.8 Å². The molecule has 2 amide bonds. The monoisotopic (exact) mass is 541 g/mol. The minimum Gasteiger partial charge on any atom is -0.477 e. The van der Waals surface area contributed by atoms with Crippen molar-refractivity contribution in [1.29, 1.82) is 0 Å². The molecular weight excluding hydrogens is 522 g/mol. The van der Waals surface area contributed by atoms with Gasteiger partial charge in [0.2, 0.25) is 16.7 Å². The standard InChI is InChI=1S/C16H19N11O5S3/c1-32-22-7(10-20-15(18)35-23-10)11(28)19-8-12(29)27-9(14(30)31)6(4-33-13(8)27)5-34-16-21-24-25-26(16)3-2-17/h8,13H,2-5,17H2,1H3,(H,19,28)(H,30,31)(H2,18,20,23)/t8?,13-/m0/s1. The van der Waals surface area contributed by atoms with Crippen LogP contribution in [0.1, 0.15) is 5.82 Å². The molecule has 1 fully saturated rings. The van der Waals surface area contributed by atoms with Crippen LogP contribution in [-0.2, 0) is 25.8 Å². The molecule has 2 aromatic heterocycles. The van der Waals surface area contributed by atoms with Gasteiger partial charge in [-0.3, -0.25) is 14.5 Å². The Morgan fingerprint density at radius 3 is 2.89 bits per heavy atom. The van der Waals surface area contributed by atoms with E-state index in [2.05, 4.69) is 35.4 Å². The molecule has 6 N–H and O–H groups in total. The predicted molar refractivity (Wildman–Crippen MR) is 125 cm³/mol. The second kappa shape index (κ2) is 10.5. The molecule has 186 valence electrons. The van der Waals surface area contributed by atoms with E-state index in [0.717, 1.165) is 11.5 Å². The smallest absolute Gasteiger partial charge is 0.352 e. The van der Waals surface area contributed by atoms with Gasteiger partial charge in [-0.15, -0.1) is 16.9 Å². The number of aromatic nitrogens is 6. The molecule has 2 aliphatic heterocycles. The Labute approximate surface area is 209 Å². The second-order valence-electron chi connectivity index (χ2n) is 6.96. The van der Waals surface area contributed by atoms with E-state index in [1.807, 2.05) is 0 Å². The van der Waals surface area contributed by atoms with Crippen molar-refractivity contribution in [1.82, 2.24) is 39.8 Å². The summed E-state index contributed by atoms with van der Waals surface area (Å²) in [4.78, 5) is 47.5. The Morgan fingerprint density at radius 1 is 1.43 bits per heavy atom. The average molecular weight is 542 g/mol. The molecule has 0 radical (unpaired) electrons. The first-order valence-corrected chi connectivity index (χ1v) is 12.7. The van der Waals surface area contributed by atoms with Crippen LogP contribution in [0.25, 0.3) is 0 Å². The minimum absolute atomic E-state index is 0.0471. The number of β-lactam (4-membered cyclic amide) rings is 1. The molecule has 1 unspecified atom stereocenters. The number of oxime groups is 1. The van der Waals surface area contributed by atoms with E-state index in [1.54, 1.807) is 0 Å². The van der Waals surface area contributed by atoms with Gasteiger partial charge in [-0.2, -0.15) is 9.36 Å². The number of anilines is 1. The van der Waals surface area contributed by atoms with Crippen LogP contribution in [0.15, 0.2) is 21.6 Å². The number of carboxylic acid groups (broad SMARTS) is 1. The highest BCUT2D eigenvalue weighted by Gasteiger charge is 2.54. The zero-order valence-corrected chi connectivity index (χ0v) is 20.5. The maximum atomic E-state index is 12.9. The number of thioether (sulfide) groups is 2. The first kappa shape index (κ1) is 24.8. The van der Waals surface area contributed by atoms with Gasteiger partial charge in [0.25, 0.3) is 11.8 Å². The van der Waals surface area contributed by atoms with E-state index in [0.29, 0.717) is 29.6 Å². The molecule has 35 heavy (non-hydrogen) atoms. The van der Waals surface area contributed by atoms with Crippen LogP contribution in [0.3, 0.4) is 0 Å². The number of fused-ring (bicyclic) bond motifs is 1. The maximum absolute atomic E-state index is 12.9. The summed E-state index contributed by atoms with van der Waals surface area (Å²) < 4.78 is 5.46. The first-order valence-electron chi connectivity index (χ1n) is 9.86. The number of amides is 2. The number of aliphatic carboxylic acids is 1. The largest absolute Gasteiger partial charge is 0.477 e. The van der Waals surface area contributed by atoms with Crippen molar-refractivity contribution in [3.8, 4) is 0 Å². The Kier molecular flexibility index (Phi) is 7.48. The van der Waals surface area contributed by atoms with Gasteiger partial charge in [-0.1, -0.05) is 16.9 Å². The molecule has 1 saturated heterocycles. The fraction of sp³-hybridized carbons (Fsp3) is 0.438. The van der Waals surface area contributed by atoms with Crippen LogP contribution in [0, 0.1) is 0 Å². The van der Waals surface area contributed by atoms with Gasteiger partial charge in [0, 0.05) is 29.6 Å². The van der Waals surface area contributed by atoms with Gasteiger partial charge < -0.3 is 26.7 Å². The number of carbonyl (C=O) groups is 3. The third-order valence-corrected chi connectivity index (χ3v) is 7.73. The molecule has 0 aliphatic carbocycles. The number of nitrogens with two attached hydrogens (primary N) is 2. The van der Waals surface area contributed by atoms with Gasteiger partial charge in [-0.25, -0.2) is 9.48 Å². The maximum Gasteiger partial charge on any atom is 0.352 e. The zero-order valence-electron chi connectivity index (χ0n) is 18.0. The SMILES string of the molecule is CON=C(C(=O)NC1C(=O)N2C(C(=O)O)=C(CSc3nnnn3CCN)CS[C@@H]12)c1nsc(N)n1. The molecule has 0 aromatic carbocycles. The third-order valence-electron chi connectivity index (χ3n) is 4.80. The van der Waals surface area contributed by atoms with E-state index < -0.39 is 29.2 Å². The lowest BCUT2D eigenvalue weighted by Gasteiger charge is -2.49. The number of carboxylic acids is 1. The van der Waals surface area contributed by atoms with Crippen LogP contribution in [0.4, 0.5) is 5.13 Å². The number of hydrogen-bond donors (Lipinski definition) is 4. The lowest BCUT2D eigenvalue weighted by Crippen LogP contribution is -2.71. The molecule has 2 aliphatic rings. The molecule has 16 nitrogen and oxygen atoms in total. The van der Waals surface area contributed by atoms with E-state index in [4.69, 9.17) is 16.3 Å². The van der Waals surface area contributed by atoms with Crippen LogP contribution >= 0.6 is 35.1 Å². The number of rotatable bonds is 10. The van der Waals surface area contributed by atoms with Gasteiger partial charge >= 0.3 is 5.97 Å². The van der Waals surface area contributed by atoms with Crippen molar-refractivity contribution in [3.05, 3.63) is 17.1 Å². The van der Waals surface area contributed by atoms with Crippen molar-refractivity contribution in [3.63, 3.8) is 0 Å². The molecule has 0 spiro atoms. The fourth-order valence-electron chi connectivity index (χ4n) is 3.32. The minimum atomic E-state index is -1.24. The Morgan fingerprint density at radius 2 is 2.23 bits per heavy atom. The molecule has 4 heterocycles. The number of hydrogen-bond acceptors (Lipinski definition) is 15. The highest BCUT2D eigenvalue weighted by molar-refractivity contribution is 8.01. The van der Waals surface area contributed by atoms with Crippen LogP contribution in [0.2, 0.25) is 0 Å². The van der Waals surface area contributed by atoms with Gasteiger partial charge in [0.15, 0.2) is 5.13 Å². The fourth-order valence-corrected chi connectivity index (χ4v) is 6.15. The van der Waals surface area contributed by atoms with Crippen molar-refractivity contribution >= 4 is 63.7 Å². The summed E-state index contributed by atoms with van der Waals surface area (Å²) in [6.07, 6.45) is 0. The first-order chi connectivity index (χ1) is 16.8. The van der Waals surface area contributed by atoms with E-state index in [-0.39, 0.29) is 28.1 Å². The quantitative estimate of drug-likeness (QED) is 0.110. The summed E-state index contributed by atoms with van der Waals surface area (Å²) in [6, 6.07) is -0.967. The third kappa shape index (κ3) is 4.92. The summed E-state index contributed by atoms with van der Waals surface area (Å²) in [5.74, 6) is -2.02. The summed E-state index contributed by atoms with van der Waals surface area (Å²) >= 11 is 3.45. The van der Waals surface area contributed by atoms with E-state index in [9.17, 15) is 19.5 Å². The van der Waals surface area contributed by atoms with E-state index >= 15 is 0 Å². The topological polar surface area (TPSA) is 230 Å². The molecule has 19 heteroatoms. The lowest BCUT2D eigenvalue weighted by atomic mass is 10.0.